The number of pyridine rings is 1. The van der Waals surface area contributed by atoms with E-state index < -0.39 is 0 Å². The van der Waals surface area contributed by atoms with E-state index in [4.69, 9.17) is 5.73 Å². The van der Waals surface area contributed by atoms with E-state index in [0.717, 1.165) is 30.9 Å². The fraction of sp³-hybridized carbons (Fsp3) is 0.615. The first-order valence-corrected chi connectivity index (χ1v) is 5.98. The summed E-state index contributed by atoms with van der Waals surface area (Å²) in [6, 6.07) is 1.90. The Labute approximate surface area is 97.3 Å². The lowest BCUT2D eigenvalue weighted by atomic mass is 10.1. The molecule has 3 heteroatoms. The molecule has 0 spiro atoms. The van der Waals surface area contributed by atoms with Gasteiger partial charge in [0, 0.05) is 12.7 Å². The summed E-state index contributed by atoms with van der Waals surface area (Å²) in [5.41, 5.74) is 6.90. The van der Waals surface area contributed by atoms with Gasteiger partial charge in [-0.15, -0.1) is 0 Å². The number of anilines is 1. The fourth-order valence-corrected chi connectivity index (χ4v) is 1.69. The Hall–Kier alpha value is -1.25. The van der Waals surface area contributed by atoms with E-state index in [1.165, 1.54) is 6.42 Å². The normalized spacial score (nSPS) is 11.0. The van der Waals surface area contributed by atoms with Crippen molar-refractivity contribution in [3.05, 3.63) is 28.2 Å². The van der Waals surface area contributed by atoms with E-state index in [0.29, 0.717) is 5.69 Å². The predicted octanol–water partition coefficient (Wildman–Crippen LogP) is 2.57. The molecule has 1 aromatic rings. The van der Waals surface area contributed by atoms with Crippen LogP contribution in [0.1, 0.15) is 38.7 Å². The van der Waals surface area contributed by atoms with Gasteiger partial charge in [0.25, 0.3) is 5.56 Å². The number of unbranched alkanes of at least 4 members (excludes halogenated alkanes) is 1. The van der Waals surface area contributed by atoms with Crippen LogP contribution in [0.25, 0.3) is 0 Å². The molecule has 0 saturated heterocycles. The highest BCUT2D eigenvalue weighted by Crippen LogP contribution is 2.08. The zero-order valence-electron chi connectivity index (χ0n) is 10.5. The van der Waals surface area contributed by atoms with Gasteiger partial charge in [0.05, 0.1) is 0 Å². The summed E-state index contributed by atoms with van der Waals surface area (Å²) in [7, 11) is 0. The van der Waals surface area contributed by atoms with Gasteiger partial charge in [-0.25, -0.2) is 0 Å². The number of hydrogen-bond donors (Lipinski definition) is 1. The number of nitrogen functional groups attached to an aromatic ring is 1. The minimum Gasteiger partial charge on any atom is -0.394 e. The topological polar surface area (TPSA) is 48.0 Å². The summed E-state index contributed by atoms with van der Waals surface area (Å²) in [6.45, 7) is 7.07. The maximum absolute atomic E-state index is 11.8. The number of aromatic nitrogens is 1. The van der Waals surface area contributed by atoms with Crippen molar-refractivity contribution in [1.29, 1.82) is 0 Å². The maximum Gasteiger partial charge on any atom is 0.273 e. The summed E-state index contributed by atoms with van der Waals surface area (Å²) in [5, 5.41) is 0. The zero-order valence-corrected chi connectivity index (χ0v) is 10.5. The van der Waals surface area contributed by atoms with Crippen molar-refractivity contribution in [2.75, 3.05) is 5.73 Å². The van der Waals surface area contributed by atoms with Gasteiger partial charge in [-0.1, -0.05) is 26.7 Å². The lowest BCUT2D eigenvalue weighted by Crippen LogP contribution is -2.23. The zero-order chi connectivity index (χ0) is 12.1. The van der Waals surface area contributed by atoms with Crippen LogP contribution in [0.3, 0.4) is 0 Å². The Bertz CT molecular complexity index is 393. The van der Waals surface area contributed by atoms with Crippen molar-refractivity contribution in [3.63, 3.8) is 0 Å². The van der Waals surface area contributed by atoms with E-state index >= 15 is 0 Å². The Morgan fingerprint density at radius 2 is 2.06 bits per heavy atom. The second kappa shape index (κ2) is 5.73. The van der Waals surface area contributed by atoms with Gasteiger partial charge in [-0.2, -0.15) is 0 Å². The molecule has 1 aromatic heterocycles. The average molecular weight is 222 g/mol. The molecular formula is C13H22N2O. The van der Waals surface area contributed by atoms with Gasteiger partial charge in [0.15, 0.2) is 0 Å². The lowest BCUT2D eigenvalue weighted by Gasteiger charge is -2.08. The van der Waals surface area contributed by atoms with Crippen LogP contribution in [0, 0.1) is 12.8 Å². The molecule has 0 aliphatic heterocycles. The van der Waals surface area contributed by atoms with Crippen molar-refractivity contribution in [2.24, 2.45) is 5.92 Å². The number of aryl methyl sites for hydroxylation is 2. The molecule has 0 atom stereocenters. The standard InChI is InChI=1S/C13H22N2O/c1-10(2)6-4-5-8-15-9-7-11(3)12(14)13(15)16/h7,9-10H,4-6,8,14H2,1-3H3. The molecule has 3 nitrogen and oxygen atoms in total. The van der Waals surface area contributed by atoms with Crippen molar-refractivity contribution in [1.82, 2.24) is 4.57 Å². The molecule has 0 bridgehead atoms. The molecule has 90 valence electrons. The minimum absolute atomic E-state index is 0.0513. The summed E-state index contributed by atoms with van der Waals surface area (Å²) < 4.78 is 1.71. The van der Waals surface area contributed by atoms with E-state index in [1.54, 1.807) is 4.57 Å². The smallest absolute Gasteiger partial charge is 0.273 e. The van der Waals surface area contributed by atoms with Gasteiger partial charge in [0.1, 0.15) is 5.69 Å². The Balaban J connectivity index is 2.55. The first-order chi connectivity index (χ1) is 7.52. The molecule has 0 aliphatic rings. The highest BCUT2D eigenvalue weighted by atomic mass is 16.1. The molecule has 0 fully saturated rings. The van der Waals surface area contributed by atoms with Crippen LogP contribution in [0.4, 0.5) is 5.69 Å². The van der Waals surface area contributed by atoms with E-state index in [-0.39, 0.29) is 5.56 Å². The minimum atomic E-state index is -0.0513. The van der Waals surface area contributed by atoms with Gasteiger partial charge >= 0.3 is 0 Å². The van der Waals surface area contributed by atoms with Crippen molar-refractivity contribution < 1.29 is 0 Å². The summed E-state index contributed by atoms with van der Waals surface area (Å²) >= 11 is 0. The monoisotopic (exact) mass is 222 g/mol. The van der Waals surface area contributed by atoms with E-state index in [1.807, 2.05) is 19.2 Å². The van der Waals surface area contributed by atoms with Crippen molar-refractivity contribution in [3.8, 4) is 0 Å². The molecule has 1 rings (SSSR count). The number of nitrogens with two attached hydrogens (primary N) is 1. The molecule has 1 heterocycles. The first kappa shape index (κ1) is 12.8. The van der Waals surface area contributed by atoms with E-state index in [2.05, 4.69) is 13.8 Å². The SMILES string of the molecule is Cc1ccn(CCCCC(C)C)c(=O)c1N. The third-order valence-corrected chi connectivity index (χ3v) is 2.85. The van der Waals surface area contributed by atoms with Crippen LogP contribution in [0.5, 0.6) is 0 Å². The highest BCUT2D eigenvalue weighted by molar-refractivity contribution is 5.42. The van der Waals surface area contributed by atoms with Crippen LogP contribution in [-0.2, 0) is 6.54 Å². The molecule has 16 heavy (non-hydrogen) atoms. The van der Waals surface area contributed by atoms with Crippen molar-refractivity contribution in [2.45, 2.75) is 46.6 Å². The second-order valence-corrected chi connectivity index (χ2v) is 4.80. The summed E-state index contributed by atoms with van der Waals surface area (Å²) in [6.07, 6.45) is 5.26. The highest BCUT2D eigenvalue weighted by Gasteiger charge is 2.03. The van der Waals surface area contributed by atoms with Crippen LogP contribution in [0.2, 0.25) is 0 Å². The Morgan fingerprint density at radius 3 is 2.69 bits per heavy atom. The number of nitrogens with zero attached hydrogens (tertiary/aromatic N) is 1. The predicted molar refractivity (Wildman–Crippen MR) is 68.5 cm³/mol. The van der Waals surface area contributed by atoms with Crippen molar-refractivity contribution >= 4 is 5.69 Å². The third-order valence-electron chi connectivity index (χ3n) is 2.85. The quantitative estimate of drug-likeness (QED) is 0.778. The molecule has 0 radical (unpaired) electrons. The van der Waals surface area contributed by atoms with Crippen LogP contribution in [-0.4, -0.2) is 4.57 Å². The first-order valence-electron chi connectivity index (χ1n) is 5.98. The molecular weight excluding hydrogens is 200 g/mol. The molecule has 0 aromatic carbocycles. The Kier molecular flexibility index (Phi) is 4.59. The van der Waals surface area contributed by atoms with Gasteiger partial charge in [-0.05, 0) is 30.9 Å². The Morgan fingerprint density at radius 1 is 1.38 bits per heavy atom. The molecule has 2 N–H and O–H groups in total. The average Bonchev–Trinajstić information content (AvgIpc) is 2.23. The third kappa shape index (κ3) is 3.40. The maximum atomic E-state index is 11.8. The second-order valence-electron chi connectivity index (χ2n) is 4.80. The van der Waals surface area contributed by atoms with Gasteiger partial charge in [0.2, 0.25) is 0 Å². The number of rotatable bonds is 5. The van der Waals surface area contributed by atoms with Gasteiger partial charge in [-0.3, -0.25) is 4.79 Å². The van der Waals surface area contributed by atoms with Crippen LogP contribution < -0.4 is 11.3 Å². The van der Waals surface area contributed by atoms with Crippen LogP contribution in [0.15, 0.2) is 17.1 Å². The lowest BCUT2D eigenvalue weighted by molar-refractivity contribution is 0.505. The molecule has 0 saturated carbocycles. The number of hydrogen-bond acceptors (Lipinski definition) is 2. The molecule has 0 aliphatic carbocycles. The van der Waals surface area contributed by atoms with E-state index in [9.17, 15) is 4.79 Å². The molecule has 0 unspecified atom stereocenters. The van der Waals surface area contributed by atoms with Gasteiger partial charge < -0.3 is 10.3 Å². The summed E-state index contributed by atoms with van der Waals surface area (Å²) in [5.74, 6) is 0.736. The molecule has 0 amide bonds. The van der Waals surface area contributed by atoms with Crippen LogP contribution >= 0.6 is 0 Å². The summed E-state index contributed by atoms with van der Waals surface area (Å²) in [4.78, 5) is 11.8. The fourth-order valence-electron chi connectivity index (χ4n) is 1.69. The largest absolute Gasteiger partial charge is 0.394 e.